The van der Waals surface area contributed by atoms with Gasteiger partial charge in [0.25, 0.3) is 0 Å². The Morgan fingerprint density at radius 3 is 1.55 bits per heavy atom. The van der Waals surface area contributed by atoms with E-state index in [0.29, 0.717) is 0 Å². The summed E-state index contributed by atoms with van der Waals surface area (Å²) < 4.78 is 4.52. The normalized spacial score (nSPS) is 16.4. The van der Waals surface area contributed by atoms with Crippen molar-refractivity contribution in [1.29, 1.82) is 0 Å². The highest BCUT2D eigenvalue weighted by Gasteiger charge is 2.09. The lowest BCUT2D eigenvalue weighted by Crippen LogP contribution is -2.23. The molecule has 0 amide bonds. The summed E-state index contributed by atoms with van der Waals surface area (Å²) in [5.41, 5.74) is 0. The third-order valence-electron chi connectivity index (χ3n) is 1.07. The first-order valence-corrected chi connectivity index (χ1v) is 3.44. The van der Waals surface area contributed by atoms with Crippen molar-refractivity contribution < 1.29 is 25.2 Å². The predicted octanol–water partition coefficient (Wildman–Crippen LogP) is -1.60. The maximum absolute atomic E-state index is 8.82. The van der Waals surface area contributed by atoms with Gasteiger partial charge in [-0.1, -0.05) is 0 Å². The van der Waals surface area contributed by atoms with Crippen LogP contribution >= 0.6 is 0 Å². The molecule has 2 atom stereocenters. The molecular weight excluding hydrogens is 152 g/mol. The Morgan fingerprint density at radius 2 is 1.27 bits per heavy atom. The van der Waals surface area contributed by atoms with Crippen LogP contribution in [-0.2, 0) is 4.74 Å². The molecular formula is C6H14O5. The Labute approximate surface area is 64.9 Å². The summed E-state index contributed by atoms with van der Waals surface area (Å²) in [4.78, 5) is 0. The molecule has 68 valence electrons. The summed E-state index contributed by atoms with van der Waals surface area (Å²) in [6, 6.07) is 0. The second kappa shape index (κ2) is 6.51. The number of rotatable bonds is 6. The van der Waals surface area contributed by atoms with Crippen LogP contribution in [-0.4, -0.2) is 46.2 Å². The molecule has 0 saturated carbocycles. The van der Waals surface area contributed by atoms with Gasteiger partial charge in [0, 0.05) is 26.1 Å². The number of ether oxygens (including phenoxy) is 1. The monoisotopic (exact) mass is 166 g/mol. The van der Waals surface area contributed by atoms with Crippen LogP contribution in [0.5, 0.6) is 0 Å². The SMILES string of the molecule is OCCC(O)OC(O)CCO. The van der Waals surface area contributed by atoms with E-state index in [-0.39, 0.29) is 26.1 Å². The van der Waals surface area contributed by atoms with Crippen molar-refractivity contribution in [3.63, 3.8) is 0 Å². The lowest BCUT2D eigenvalue weighted by atomic mass is 10.4. The van der Waals surface area contributed by atoms with Gasteiger partial charge in [0.1, 0.15) is 0 Å². The Hall–Kier alpha value is -0.200. The minimum absolute atomic E-state index is 0.0580. The molecule has 0 fully saturated rings. The number of aliphatic hydroxyl groups excluding tert-OH is 4. The lowest BCUT2D eigenvalue weighted by Gasteiger charge is -2.14. The summed E-state index contributed by atoms with van der Waals surface area (Å²) in [7, 11) is 0. The van der Waals surface area contributed by atoms with Crippen molar-refractivity contribution in [3.8, 4) is 0 Å². The summed E-state index contributed by atoms with van der Waals surface area (Å²) in [5, 5.41) is 34.3. The van der Waals surface area contributed by atoms with Crippen LogP contribution in [0, 0.1) is 0 Å². The van der Waals surface area contributed by atoms with E-state index >= 15 is 0 Å². The highest BCUT2D eigenvalue weighted by Crippen LogP contribution is 2.00. The minimum Gasteiger partial charge on any atom is -0.396 e. The highest BCUT2D eigenvalue weighted by molar-refractivity contribution is 4.44. The van der Waals surface area contributed by atoms with Gasteiger partial charge in [0.2, 0.25) is 0 Å². The number of hydrogen-bond acceptors (Lipinski definition) is 5. The van der Waals surface area contributed by atoms with E-state index in [1.54, 1.807) is 0 Å². The largest absolute Gasteiger partial charge is 0.396 e. The first kappa shape index (κ1) is 10.8. The molecule has 0 aromatic rings. The molecule has 5 nitrogen and oxygen atoms in total. The summed E-state index contributed by atoms with van der Waals surface area (Å²) in [5.74, 6) is 0. The third-order valence-corrected chi connectivity index (χ3v) is 1.07. The molecule has 0 aromatic carbocycles. The third kappa shape index (κ3) is 6.21. The Morgan fingerprint density at radius 1 is 0.909 bits per heavy atom. The quantitative estimate of drug-likeness (QED) is 0.357. The van der Waals surface area contributed by atoms with Crippen LogP contribution in [0.15, 0.2) is 0 Å². The Bertz CT molecular complexity index is 77.0. The van der Waals surface area contributed by atoms with Crippen LogP contribution in [0.2, 0.25) is 0 Å². The van der Waals surface area contributed by atoms with E-state index in [0.717, 1.165) is 0 Å². The fraction of sp³-hybridized carbons (Fsp3) is 1.00. The van der Waals surface area contributed by atoms with E-state index in [1.165, 1.54) is 0 Å². The first-order valence-electron chi connectivity index (χ1n) is 3.44. The van der Waals surface area contributed by atoms with Gasteiger partial charge in [-0.25, -0.2) is 0 Å². The smallest absolute Gasteiger partial charge is 0.159 e. The molecule has 0 bridgehead atoms. The van der Waals surface area contributed by atoms with Crippen LogP contribution in [0.25, 0.3) is 0 Å². The second-order valence-corrected chi connectivity index (χ2v) is 2.07. The van der Waals surface area contributed by atoms with Crippen LogP contribution < -0.4 is 0 Å². The Kier molecular flexibility index (Phi) is 6.39. The molecule has 5 heteroatoms. The molecule has 0 aliphatic heterocycles. The van der Waals surface area contributed by atoms with E-state index in [1.807, 2.05) is 0 Å². The zero-order valence-electron chi connectivity index (χ0n) is 6.18. The molecule has 0 aromatic heterocycles. The number of hydrogen-bond donors (Lipinski definition) is 4. The standard InChI is InChI=1S/C6H14O5/c7-3-1-5(9)11-6(10)2-4-8/h5-10H,1-4H2. The van der Waals surface area contributed by atoms with Crippen LogP contribution in [0.1, 0.15) is 12.8 Å². The molecule has 0 saturated heterocycles. The lowest BCUT2D eigenvalue weighted by molar-refractivity contribution is -0.215. The maximum Gasteiger partial charge on any atom is 0.159 e. The molecule has 0 radical (unpaired) electrons. The van der Waals surface area contributed by atoms with Crippen LogP contribution in [0.4, 0.5) is 0 Å². The van der Waals surface area contributed by atoms with E-state index in [4.69, 9.17) is 20.4 Å². The van der Waals surface area contributed by atoms with Crippen molar-refractivity contribution in [3.05, 3.63) is 0 Å². The van der Waals surface area contributed by atoms with E-state index in [9.17, 15) is 0 Å². The second-order valence-electron chi connectivity index (χ2n) is 2.07. The average Bonchev–Trinajstić information content (AvgIpc) is 1.87. The van der Waals surface area contributed by atoms with Crippen LogP contribution in [0.3, 0.4) is 0 Å². The highest BCUT2D eigenvalue weighted by atomic mass is 16.7. The molecule has 0 heterocycles. The topological polar surface area (TPSA) is 90.2 Å². The molecule has 4 N–H and O–H groups in total. The summed E-state index contributed by atoms with van der Waals surface area (Å²) in [6.45, 7) is -0.403. The average molecular weight is 166 g/mol. The minimum atomic E-state index is -1.17. The van der Waals surface area contributed by atoms with E-state index in [2.05, 4.69) is 4.74 Å². The van der Waals surface area contributed by atoms with Gasteiger partial charge in [-0.3, -0.25) is 0 Å². The maximum atomic E-state index is 8.82. The van der Waals surface area contributed by atoms with Crippen molar-refractivity contribution in [2.24, 2.45) is 0 Å². The van der Waals surface area contributed by atoms with Gasteiger partial charge >= 0.3 is 0 Å². The Balaban J connectivity index is 3.32. The fourth-order valence-electron chi connectivity index (χ4n) is 0.538. The zero-order chi connectivity index (χ0) is 8.69. The molecule has 0 aliphatic carbocycles. The molecule has 0 rings (SSSR count). The van der Waals surface area contributed by atoms with Crippen molar-refractivity contribution >= 4 is 0 Å². The van der Waals surface area contributed by atoms with Gasteiger partial charge in [-0.2, -0.15) is 0 Å². The van der Waals surface area contributed by atoms with Crippen molar-refractivity contribution in [2.75, 3.05) is 13.2 Å². The van der Waals surface area contributed by atoms with Gasteiger partial charge in [-0.05, 0) is 0 Å². The first-order chi connectivity index (χ1) is 5.20. The predicted molar refractivity (Wildman–Crippen MR) is 36.5 cm³/mol. The zero-order valence-corrected chi connectivity index (χ0v) is 6.18. The molecule has 0 aliphatic rings. The van der Waals surface area contributed by atoms with Crippen molar-refractivity contribution in [2.45, 2.75) is 25.4 Å². The molecule has 2 unspecified atom stereocenters. The van der Waals surface area contributed by atoms with E-state index < -0.39 is 12.6 Å². The van der Waals surface area contributed by atoms with Gasteiger partial charge in [0.15, 0.2) is 12.6 Å². The van der Waals surface area contributed by atoms with Crippen molar-refractivity contribution in [1.82, 2.24) is 0 Å². The number of aliphatic hydroxyl groups is 4. The van der Waals surface area contributed by atoms with Gasteiger partial charge in [-0.15, -0.1) is 0 Å². The fourth-order valence-corrected chi connectivity index (χ4v) is 0.538. The summed E-state index contributed by atoms with van der Waals surface area (Å²) in [6.07, 6.45) is -2.21. The summed E-state index contributed by atoms with van der Waals surface area (Å²) >= 11 is 0. The molecule has 11 heavy (non-hydrogen) atoms. The van der Waals surface area contributed by atoms with Gasteiger partial charge < -0.3 is 25.2 Å². The van der Waals surface area contributed by atoms with Gasteiger partial charge in [0.05, 0.1) is 0 Å². The molecule has 0 spiro atoms.